The number of phenols is 1. The molecule has 3 aromatic rings. The van der Waals surface area contributed by atoms with Crippen molar-refractivity contribution < 1.29 is 23.9 Å². The molecule has 0 saturated heterocycles. The average molecular weight is 447 g/mol. The van der Waals surface area contributed by atoms with Crippen molar-refractivity contribution in [2.45, 2.75) is 13.1 Å². The Balaban J connectivity index is 1.83. The minimum atomic E-state index is -3.73. The molecule has 0 aliphatic rings. The number of halogens is 1. The monoisotopic (exact) mass is 446 g/mol. The van der Waals surface area contributed by atoms with Crippen molar-refractivity contribution in [3.8, 4) is 5.75 Å². The van der Waals surface area contributed by atoms with Crippen molar-refractivity contribution in [1.82, 2.24) is 5.43 Å². The predicted molar refractivity (Wildman–Crippen MR) is 117 cm³/mol. The van der Waals surface area contributed by atoms with E-state index in [4.69, 9.17) is 16.1 Å². The largest absolute Gasteiger partial charge is 0.506 e. The first-order chi connectivity index (χ1) is 14.3. The lowest BCUT2D eigenvalue weighted by molar-refractivity contribution is 0.0955. The highest BCUT2D eigenvalue weighted by Gasteiger charge is 2.21. The first-order valence-corrected chi connectivity index (χ1v) is 11.2. The minimum Gasteiger partial charge on any atom is -0.506 e. The van der Waals surface area contributed by atoms with E-state index in [1.54, 1.807) is 19.1 Å². The number of rotatable bonds is 7. The van der Waals surface area contributed by atoms with Crippen LogP contribution < -0.4 is 5.43 Å². The third kappa shape index (κ3) is 5.26. The van der Waals surface area contributed by atoms with E-state index in [-0.39, 0.29) is 29.1 Å². The first kappa shape index (κ1) is 22.0. The number of benzene rings is 3. The maximum atomic E-state index is 12.2. The van der Waals surface area contributed by atoms with E-state index >= 15 is 0 Å². The number of fused-ring (bicyclic) bond motifs is 1. The van der Waals surface area contributed by atoms with Crippen molar-refractivity contribution in [2.24, 2.45) is 5.10 Å². The van der Waals surface area contributed by atoms with Gasteiger partial charge in [0, 0.05) is 11.1 Å². The summed E-state index contributed by atoms with van der Waals surface area (Å²) in [5, 5.41) is 15.1. The van der Waals surface area contributed by atoms with E-state index < -0.39 is 13.5 Å². The molecule has 3 rings (SSSR count). The van der Waals surface area contributed by atoms with Gasteiger partial charge in [-0.1, -0.05) is 48.0 Å². The third-order valence-electron chi connectivity index (χ3n) is 4.33. The summed E-state index contributed by atoms with van der Waals surface area (Å²) in [5.74, 6) is -0.591. The number of hydrogen-bond donors (Lipinski definition) is 3. The molecule has 0 aromatic heterocycles. The van der Waals surface area contributed by atoms with Gasteiger partial charge in [-0.05, 0) is 41.5 Å². The fourth-order valence-corrected chi connectivity index (χ4v) is 4.35. The lowest BCUT2D eigenvalue weighted by Crippen LogP contribution is -2.17. The fourth-order valence-electron chi connectivity index (χ4n) is 2.97. The summed E-state index contributed by atoms with van der Waals surface area (Å²) in [6, 6.07) is 15.0. The molecule has 0 aliphatic heterocycles. The summed E-state index contributed by atoms with van der Waals surface area (Å²) in [6.07, 6.45) is 1.39. The van der Waals surface area contributed by atoms with Gasteiger partial charge in [0.15, 0.2) is 0 Å². The van der Waals surface area contributed by atoms with Crippen LogP contribution in [0.4, 0.5) is 0 Å². The summed E-state index contributed by atoms with van der Waals surface area (Å²) >= 11 is 5.82. The molecule has 1 atom stereocenters. The topological polar surface area (TPSA) is 108 Å². The Hall–Kier alpha value is -2.70. The summed E-state index contributed by atoms with van der Waals surface area (Å²) in [4.78, 5) is 22.2. The number of nitrogens with one attached hydrogen (secondary N) is 1. The number of hydrazone groups is 1. The smallest absolute Gasteiger partial charge is 0.332 e. The van der Waals surface area contributed by atoms with Crippen LogP contribution in [0.1, 0.15) is 28.4 Å². The van der Waals surface area contributed by atoms with Crippen LogP contribution in [-0.4, -0.2) is 28.7 Å². The van der Waals surface area contributed by atoms with E-state index in [0.717, 1.165) is 16.3 Å². The third-order valence-corrected chi connectivity index (χ3v) is 6.03. The Bertz CT molecular complexity index is 1170. The highest BCUT2D eigenvalue weighted by molar-refractivity contribution is 7.52. The normalized spacial score (nSPS) is 13.4. The first-order valence-electron chi connectivity index (χ1n) is 9.09. The van der Waals surface area contributed by atoms with Gasteiger partial charge in [-0.2, -0.15) is 5.10 Å². The van der Waals surface area contributed by atoms with Gasteiger partial charge in [0.05, 0.1) is 24.0 Å². The lowest BCUT2D eigenvalue weighted by atomic mass is 10.0. The highest BCUT2D eigenvalue weighted by atomic mass is 35.5. The zero-order chi connectivity index (χ0) is 21.7. The van der Waals surface area contributed by atoms with Gasteiger partial charge in [0.1, 0.15) is 5.75 Å². The van der Waals surface area contributed by atoms with Gasteiger partial charge < -0.3 is 14.5 Å². The Kier molecular flexibility index (Phi) is 6.90. The molecule has 0 radical (unpaired) electrons. The molecule has 0 heterocycles. The quantitative estimate of drug-likeness (QED) is 0.277. The number of carbonyl (C=O) groups is 1. The van der Waals surface area contributed by atoms with Crippen LogP contribution in [0.3, 0.4) is 0 Å². The molecular formula is C21H20ClN2O5P. The molecule has 3 N–H and O–H groups in total. The van der Waals surface area contributed by atoms with Crippen LogP contribution >= 0.6 is 19.2 Å². The average Bonchev–Trinajstić information content (AvgIpc) is 2.71. The number of nitrogens with zero attached hydrogens (tertiary/aromatic N) is 1. The molecule has 0 saturated carbocycles. The Morgan fingerprint density at radius 3 is 2.63 bits per heavy atom. The molecule has 3 aromatic carbocycles. The van der Waals surface area contributed by atoms with Gasteiger partial charge in [-0.25, -0.2) is 5.43 Å². The second-order valence-electron chi connectivity index (χ2n) is 6.44. The molecule has 156 valence electrons. The van der Waals surface area contributed by atoms with Crippen molar-refractivity contribution in [3.63, 3.8) is 0 Å². The zero-order valence-corrected chi connectivity index (χ0v) is 17.7. The van der Waals surface area contributed by atoms with Crippen molar-refractivity contribution in [3.05, 3.63) is 76.3 Å². The molecular weight excluding hydrogens is 427 g/mol. The molecule has 1 unspecified atom stereocenters. The molecule has 0 spiro atoms. The van der Waals surface area contributed by atoms with Gasteiger partial charge >= 0.3 is 7.60 Å². The van der Waals surface area contributed by atoms with Crippen LogP contribution in [-0.2, 0) is 15.3 Å². The predicted octanol–water partition coefficient (Wildman–Crippen LogP) is 4.68. The standard InChI is InChI=1S/C21H20ClN2O5P/c1-2-29-30(27,28)13-16-8-7-15(17-5-3-4-6-18(16)17)12-23-24-21(26)14-9-10-20(25)19(22)11-14/h3-12,25H,2,13H2,1H3,(H,24,26)(H,27,28)/b23-12+. The molecule has 1 amide bonds. The van der Waals surface area contributed by atoms with Gasteiger partial charge in [0.25, 0.3) is 5.91 Å². The number of hydrogen-bond acceptors (Lipinski definition) is 5. The molecule has 7 nitrogen and oxygen atoms in total. The van der Waals surface area contributed by atoms with Crippen molar-refractivity contribution in [1.29, 1.82) is 0 Å². The Morgan fingerprint density at radius 1 is 1.20 bits per heavy atom. The summed E-state index contributed by atoms with van der Waals surface area (Å²) < 4.78 is 17.1. The van der Waals surface area contributed by atoms with Crippen molar-refractivity contribution in [2.75, 3.05) is 6.61 Å². The van der Waals surface area contributed by atoms with Gasteiger partial charge in [-0.3, -0.25) is 9.36 Å². The number of carbonyl (C=O) groups excluding carboxylic acids is 1. The number of phenolic OH excluding ortho intramolecular Hbond substituents is 1. The van der Waals surface area contributed by atoms with E-state index in [1.165, 1.54) is 24.4 Å². The van der Waals surface area contributed by atoms with Gasteiger partial charge in [0.2, 0.25) is 0 Å². The maximum absolute atomic E-state index is 12.2. The van der Waals surface area contributed by atoms with Crippen LogP contribution in [0.5, 0.6) is 5.75 Å². The van der Waals surface area contributed by atoms with Crippen LogP contribution in [0.25, 0.3) is 10.8 Å². The van der Waals surface area contributed by atoms with Gasteiger partial charge in [-0.15, -0.1) is 0 Å². The zero-order valence-electron chi connectivity index (χ0n) is 16.1. The summed E-state index contributed by atoms with van der Waals surface area (Å²) in [7, 11) is -3.73. The molecule has 0 aliphatic carbocycles. The number of aromatic hydroxyl groups is 1. The Labute approximate surface area is 178 Å². The molecule has 30 heavy (non-hydrogen) atoms. The van der Waals surface area contributed by atoms with Crippen LogP contribution in [0.2, 0.25) is 5.02 Å². The lowest BCUT2D eigenvalue weighted by Gasteiger charge is -2.13. The Morgan fingerprint density at radius 2 is 1.93 bits per heavy atom. The van der Waals surface area contributed by atoms with Crippen LogP contribution in [0.15, 0.2) is 59.7 Å². The molecule has 9 heteroatoms. The fraction of sp³-hybridized carbons (Fsp3) is 0.143. The summed E-state index contributed by atoms with van der Waals surface area (Å²) in [5.41, 5.74) is 4.08. The maximum Gasteiger partial charge on any atom is 0.332 e. The van der Waals surface area contributed by atoms with Crippen LogP contribution in [0, 0.1) is 0 Å². The summed E-state index contributed by atoms with van der Waals surface area (Å²) in [6.45, 7) is 1.82. The second-order valence-corrected chi connectivity index (χ2v) is 8.69. The second kappa shape index (κ2) is 9.41. The van der Waals surface area contributed by atoms with E-state index in [1.807, 2.05) is 24.3 Å². The molecule has 0 bridgehead atoms. The van der Waals surface area contributed by atoms with Crippen molar-refractivity contribution >= 4 is 42.1 Å². The van der Waals surface area contributed by atoms with E-state index in [9.17, 15) is 19.4 Å². The SMILES string of the molecule is CCOP(=O)(O)Cc1ccc(/C=N/NC(=O)c2ccc(O)c(Cl)c2)c2ccccc12. The molecule has 0 fully saturated rings. The minimum absolute atomic E-state index is 0.0708. The highest BCUT2D eigenvalue weighted by Crippen LogP contribution is 2.46. The van der Waals surface area contributed by atoms with E-state index in [2.05, 4.69) is 10.5 Å². The van der Waals surface area contributed by atoms with E-state index in [0.29, 0.717) is 5.56 Å². The number of amides is 1.